The highest BCUT2D eigenvalue weighted by Gasteiger charge is 2.15. The van der Waals surface area contributed by atoms with E-state index in [9.17, 15) is 5.11 Å². The van der Waals surface area contributed by atoms with E-state index >= 15 is 0 Å². The Morgan fingerprint density at radius 2 is 1.40 bits per heavy atom. The Balaban J connectivity index is 3.91. The second-order valence-corrected chi connectivity index (χ2v) is 2.68. The van der Waals surface area contributed by atoms with Crippen LogP contribution in [0.5, 0.6) is 0 Å². The van der Waals surface area contributed by atoms with Gasteiger partial charge in [-0.3, -0.25) is 0 Å². The smallest absolute Gasteiger partial charge is 0.0659 e. The van der Waals surface area contributed by atoms with Crippen LogP contribution >= 0.6 is 0 Å². The molecule has 0 aliphatic rings. The molecule has 0 aromatic rings. The number of aliphatic hydroxyl groups is 1. The molecule has 0 aromatic heterocycles. The monoisotopic (exact) mass is 140 g/mol. The summed E-state index contributed by atoms with van der Waals surface area (Å²) in [6, 6.07) is 0. The van der Waals surface area contributed by atoms with Crippen molar-refractivity contribution in [3.63, 3.8) is 0 Å². The number of hydrogen-bond donors (Lipinski definition) is 1. The standard InChI is InChI=1S/C9H16O/c1-5-7(3)9(10)8(4)6-2/h5-10H,1-2H2,3-4H3/t7-,8-/m0/s1. The molecule has 10 heavy (non-hydrogen) atoms. The fourth-order valence-corrected chi connectivity index (χ4v) is 0.758. The summed E-state index contributed by atoms with van der Waals surface area (Å²) >= 11 is 0. The molecular weight excluding hydrogens is 124 g/mol. The van der Waals surface area contributed by atoms with Crippen LogP contribution in [0.1, 0.15) is 13.8 Å². The summed E-state index contributed by atoms with van der Waals surface area (Å²) in [5.74, 6) is 0.293. The maximum atomic E-state index is 9.44. The van der Waals surface area contributed by atoms with Gasteiger partial charge in [-0.15, -0.1) is 13.2 Å². The van der Waals surface area contributed by atoms with Crippen molar-refractivity contribution in [2.45, 2.75) is 20.0 Å². The van der Waals surface area contributed by atoms with Crippen molar-refractivity contribution >= 4 is 0 Å². The topological polar surface area (TPSA) is 20.2 Å². The predicted octanol–water partition coefficient (Wildman–Crippen LogP) is 1.99. The Morgan fingerprint density at radius 1 is 1.10 bits per heavy atom. The lowest BCUT2D eigenvalue weighted by Crippen LogP contribution is -2.22. The fourth-order valence-electron chi connectivity index (χ4n) is 0.758. The highest BCUT2D eigenvalue weighted by molar-refractivity contribution is 4.89. The summed E-state index contributed by atoms with van der Waals surface area (Å²) in [5, 5.41) is 9.44. The van der Waals surface area contributed by atoms with E-state index in [4.69, 9.17) is 0 Å². The predicted molar refractivity (Wildman–Crippen MR) is 44.7 cm³/mol. The Labute approximate surface area is 63.1 Å². The van der Waals surface area contributed by atoms with Gasteiger partial charge in [0.1, 0.15) is 0 Å². The minimum atomic E-state index is -0.338. The quantitative estimate of drug-likeness (QED) is 0.592. The molecule has 0 aliphatic heterocycles. The Bertz CT molecular complexity index is 104. The second kappa shape index (κ2) is 4.29. The van der Waals surface area contributed by atoms with Crippen LogP contribution in [0.4, 0.5) is 0 Å². The zero-order valence-corrected chi connectivity index (χ0v) is 6.75. The van der Waals surface area contributed by atoms with Crippen molar-refractivity contribution < 1.29 is 5.11 Å². The van der Waals surface area contributed by atoms with E-state index in [1.807, 2.05) is 13.8 Å². The minimum absolute atomic E-state index is 0.146. The van der Waals surface area contributed by atoms with Gasteiger partial charge in [-0.2, -0.15) is 0 Å². The summed E-state index contributed by atoms with van der Waals surface area (Å²) in [6.07, 6.45) is 3.17. The van der Waals surface area contributed by atoms with Crippen LogP contribution in [0.2, 0.25) is 0 Å². The van der Waals surface area contributed by atoms with Crippen molar-refractivity contribution in [2.75, 3.05) is 0 Å². The van der Waals surface area contributed by atoms with Gasteiger partial charge in [0.2, 0.25) is 0 Å². The summed E-state index contributed by atoms with van der Waals surface area (Å²) < 4.78 is 0. The van der Waals surface area contributed by atoms with Crippen molar-refractivity contribution in [1.29, 1.82) is 0 Å². The van der Waals surface area contributed by atoms with E-state index in [-0.39, 0.29) is 17.9 Å². The van der Waals surface area contributed by atoms with Crippen LogP contribution in [-0.2, 0) is 0 Å². The molecule has 0 rings (SSSR count). The molecule has 2 atom stereocenters. The maximum absolute atomic E-state index is 9.44. The molecule has 0 bridgehead atoms. The first-order valence-corrected chi connectivity index (χ1v) is 3.56. The van der Waals surface area contributed by atoms with Gasteiger partial charge in [0.15, 0.2) is 0 Å². The van der Waals surface area contributed by atoms with Gasteiger partial charge in [0.25, 0.3) is 0 Å². The van der Waals surface area contributed by atoms with Crippen LogP contribution in [0.15, 0.2) is 25.3 Å². The molecule has 1 nitrogen and oxygen atoms in total. The molecule has 0 saturated carbocycles. The van der Waals surface area contributed by atoms with E-state index in [0.717, 1.165) is 0 Å². The molecular formula is C9H16O. The van der Waals surface area contributed by atoms with E-state index in [1.165, 1.54) is 0 Å². The highest BCUT2D eigenvalue weighted by atomic mass is 16.3. The maximum Gasteiger partial charge on any atom is 0.0659 e. The van der Waals surface area contributed by atoms with Crippen molar-refractivity contribution in [2.24, 2.45) is 11.8 Å². The second-order valence-electron chi connectivity index (χ2n) is 2.68. The molecule has 0 aromatic carbocycles. The lowest BCUT2D eigenvalue weighted by molar-refractivity contribution is 0.103. The zero-order valence-electron chi connectivity index (χ0n) is 6.75. The SMILES string of the molecule is C=C[C@H](C)C(O)[C@@H](C)C=C. The van der Waals surface area contributed by atoms with Gasteiger partial charge in [0.05, 0.1) is 6.10 Å². The molecule has 1 heteroatoms. The van der Waals surface area contributed by atoms with Crippen LogP contribution in [0.25, 0.3) is 0 Å². The molecule has 0 unspecified atom stereocenters. The van der Waals surface area contributed by atoms with E-state index in [0.29, 0.717) is 0 Å². The molecule has 0 amide bonds. The largest absolute Gasteiger partial charge is 0.392 e. The first-order chi connectivity index (χ1) is 4.63. The van der Waals surface area contributed by atoms with E-state index in [2.05, 4.69) is 13.2 Å². The van der Waals surface area contributed by atoms with Gasteiger partial charge in [-0.1, -0.05) is 26.0 Å². The molecule has 0 radical (unpaired) electrons. The first-order valence-electron chi connectivity index (χ1n) is 3.56. The molecule has 58 valence electrons. The van der Waals surface area contributed by atoms with Crippen LogP contribution in [0.3, 0.4) is 0 Å². The van der Waals surface area contributed by atoms with Crippen LogP contribution in [0, 0.1) is 11.8 Å². The van der Waals surface area contributed by atoms with Crippen LogP contribution < -0.4 is 0 Å². The third-order valence-electron chi connectivity index (χ3n) is 1.82. The highest BCUT2D eigenvalue weighted by Crippen LogP contribution is 2.13. The summed E-state index contributed by atoms with van der Waals surface area (Å²) in [7, 11) is 0. The zero-order chi connectivity index (χ0) is 8.15. The molecule has 0 spiro atoms. The normalized spacial score (nSPS) is 16.4. The Hall–Kier alpha value is -0.560. The van der Waals surface area contributed by atoms with E-state index < -0.39 is 0 Å². The van der Waals surface area contributed by atoms with E-state index in [1.54, 1.807) is 12.2 Å². The lowest BCUT2D eigenvalue weighted by atomic mass is 9.94. The summed E-state index contributed by atoms with van der Waals surface area (Å²) in [5.41, 5.74) is 0. The van der Waals surface area contributed by atoms with Gasteiger partial charge in [0, 0.05) is 11.8 Å². The van der Waals surface area contributed by atoms with Crippen molar-refractivity contribution in [3.05, 3.63) is 25.3 Å². The fraction of sp³-hybridized carbons (Fsp3) is 0.556. The first kappa shape index (κ1) is 9.44. The number of aliphatic hydroxyl groups excluding tert-OH is 1. The molecule has 0 aliphatic carbocycles. The van der Waals surface area contributed by atoms with Crippen molar-refractivity contribution in [3.8, 4) is 0 Å². The van der Waals surface area contributed by atoms with Crippen LogP contribution in [-0.4, -0.2) is 11.2 Å². The molecule has 0 heterocycles. The van der Waals surface area contributed by atoms with Gasteiger partial charge >= 0.3 is 0 Å². The lowest BCUT2D eigenvalue weighted by Gasteiger charge is -2.19. The summed E-state index contributed by atoms with van der Waals surface area (Å²) in [6.45, 7) is 11.1. The molecule has 0 saturated heterocycles. The average Bonchev–Trinajstić information content (AvgIpc) is 2.00. The Kier molecular flexibility index (Phi) is 4.05. The van der Waals surface area contributed by atoms with Gasteiger partial charge < -0.3 is 5.11 Å². The molecule has 1 N–H and O–H groups in total. The summed E-state index contributed by atoms with van der Waals surface area (Å²) in [4.78, 5) is 0. The minimum Gasteiger partial charge on any atom is -0.392 e. The molecule has 0 fully saturated rings. The van der Waals surface area contributed by atoms with Gasteiger partial charge in [-0.05, 0) is 0 Å². The number of rotatable bonds is 4. The third kappa shape index (κ3) is 2.36. The van der Waals surface area contributed by atoms with Crippen molar-refractivity contribution in [1.82, 2.24) is 0 Å². The third-order valence-corrected chi connectivity index (χ3v) is 1.82. The Morgan fingerprint density at radius 3 is 1.60 bits per heavy atom. The average molecular weight is 140 g/mol. The number of hydrogen-bond acceptors (Lipinski definition) is 1. The van der Waals surface area contributed by atoms with Gasteiger partial charge in [-0.25, -0.2) is 0 Å².